The lowest BCUT2D eigenvalue weighted by Gasteiger charge is -2.39. The van der Waals surface area contributed by atoms with E-state index >= 15 is 0 Å². The molecule has 2 amide bonds. The predicted molar refractivity (Wildman–Crippen MR) is 98.2 cm³/mol. The maximum atomic E-state index is 12.8. The van der Waals surface area contributed by atoms with Crippen molar-refractivity contribution in [2.75, 3.05) is 18.0 Å². The number of carbonyl (C=O) groups excluding carboxylic acids is 2. The van der Waals surface area contributed by atoms with Crippen molar-refractivity contribution in [3.8, 4) is 0 Å². The van der Waals surface area contributed by atoms with Gasteiger partial charge in [-0.1, -0.05) is 28.1 Å². The molecule has 1 aliphatic rings. The van der Waals surface area contributed by atoms with Gasteiger partial charge in [0, 0.05) is 28.8 Å². The second-order valence-electron chi connectivity index (χ2n) is 6.01. The second-order valence-corrected chi connectivity index (χ2v) is 6.93. The zero-order valence-corrected chi connectivity index (χ0v) is 15.3. The Morgan fingerprint density at radius 2 is 1.83 bits per heavy atom. The number of hydrogen-bond donors (Lipinski definition) is 0. The zero-order chi connectivity index (χ0) is 17.3. The number of aryl methyl sites for hydroxylation is 1. The molecular formula is C19H19BrN2O2. The molecule has 1 atom stereocenters. The molecule has 0 spiro atoms. The molecule has 0 N–H and O–H groups in total. The molecule has 1 saturated heterocycles. The van der Waals surface area contributed by atoms with Crippen LogP contribution in [0.1, 0.15) is 22.8 Å². The van der Waals surface area contributed by atoms with Gasteiger partial charge in [-0.2, -0.15) is 0 Å². The summed E-state index contributed by atoms with van der Waals surface area (Å²) in [5.41, 5.74) is 2.60. The number of piperazine rings is 1. The first-order valence-corrected chi connectivity index (χ1v) is 8.71. The third-order valence-corrected chi connectivity index (χ3v) is 4.85. The molecule has 0 unspecified atom stereocenters. The van der Waals surface area contributed by atoms with Gasteiger partial charge in [-0.25, -0.2) is 0 Å². The lowest BCUT2D eigenvalue weighted by molar-refractivity contribution is -0.124. The van der Waals surface area contributed by atoms with Crippen LogP contribution in [0.15, 0.2) is 53.0 Å². The van der Waals surface area contributed by atoms with Crippen LogP contribution in [0.3, 0.4) is 0 Å². The highest BCUT2D eigenvalue weighted by Crippen LogP contribution is 2.23. The van der Waals surface area contributed by atoms with Crippen LogP contribution in [0, 0.1) is 6.92 Å². The topological polar surface area (TPSA) is 40.6 Å². The number of rotatable bonds is 2. The first-order chi connectivity index (χ1) is 11.5. The Bertz CT molecular complexity index is 773. The van der Waals surface area contributed by atoms with Crippen LogP contribution in [-0.4, -0.2) is 35.8 Å². The third-order valence-electron chi connectivity index (χ3n) is 4.32. The first kappa shape index (κ1) is 16.7. The molecule has 0 radical (unpaired) electrons. The second kappa shape index (κ2) is 6.77. The predicted octanol–water partition coefficient (Wildman–Crippen LogP) is 3.64. The number of benzene rings is 2. The summed E-state index contributed by atoms with van der Waals surface area (Å²) in [6, 6.07) is 14.6. The Hall–Kier alpha value is -2.14. The van der Waals surface area contributed by atoms with Crippen molar-refractivity contribution in [3.05, 3.63) is 64.1 Å². The van der Waals surface area contributed by atoms with Crippen molar-refractivity contribution in [2.45, 2.75) is 19.9 Å². The highest BCUT2D eigenvalue weighted by molar-refractivity contribution is 9.10. The summed E-state index contributed by atoms with van der Waals surface area (Å²) in [6.45, 7) is 4.83. The SMILES string of the molecule is Cc1cccc(N2CCN(C(=O)c3ccc(Br)cc3)[C@@H](C)C2=O)c1. The van der Waals surface area contributed by atoms with Crippen molar-refractivity contribution in [2.24, 2.45) is 0 Å². The van der Waals surface area contributed by atoms with Crippen LogP contribution in [-0.2, 0) is 4.79 Å². The Labute approximate surface area is 150 Å². The normalized spacial score (nSPS) is 18.0. The van der Waals surface area contributed by atoms with Crippen molar-refractivity contribution < 1.29 is 9.59 Å². The summed E-state index contributed by atoms with van der Waals surface area (Å²) >= 11 is 3.37. The third kappa shape index (κ3) is 3.22. The molecule has 0 aliphatic carbocycles. The fourth-order valence-electron chi connectivity index (χ4n) is 2.96. The van der Waals surface area contributed by atoms with E-state index in [1.165, 1.54) is 0 Å². The molecule has 0 saturated carbocycles. The molecule has 0 aromatic heterocycles. The van der Waals surface area contributed by atoms with E-state index in [0.29, 0.717) is 18.7 Å². The van der Waals surface area contributed by atoms with Gasteiger partial charge in [-0.3, -0.25) is 9.59 Å². The number of amides is 2. The van der Waals surface area contributed by atoms with Crippen LogP contribution >= 0.6 is 15.9 Å². The minimum atomic E-state index is -0.476. The van der Waals surface area contributed by atoms with Crippen LogP contribution in [0.2, 0.25) is 0 Å². The van der Waals surface area contributed by atoms with Crippen molar-refractivity contribution in [1.29, 1.82) is 0 Å². The molecule has 2 aromatic carbocycles. The molecular weight excluding hydrogens is 368 g/mol. The number of carbonyl (C=O) groups is 2. The van der Waals surface area contributed by atoms with Crippen LogP contribution in [0.4, 0.5) is 5.69 Å². The first-order valence-electron chi connectivity index (χ1n) is 7.92. The fraction of sp³-hybridized carbons (Fsp3) is 0.263. The Kier molecular flexibility index (Phi) is 4.71. The summed E-state index contributed by atoms with van der Waals surface area (Å²) < 4.78 is 0.924. The van der Waals surface area contributed by atoms with E-state index in [2.05, 4.69) is 15.9 Å². The summed E-state index contributed by atoms with van der Waals surface area (Å²) in [4.78, 5) is 28.9. The number of anilines is 1. The maximum absolute atomic E-state index is 12.8. The average molecular weight is 387 g/mol. The van der Waals surface area contributed by atoms with E-state index in [-0.39, 0.29) is 11.8 Å². The molecule has 1 heterocycles. The fourth-order valence-corrected chi connectivity index (χ4v) is 3.22. The summed E-state index contributed by atoms with van der Waals surface area (Å²) in [5, 5.41) is 0. The lowest BCUT2D eigenvalue weighted by Crippen LogP contribution is -2.57. The van der Waals surface area contributed by atoms with E-state index in [1.807, 2.05) is 43.3 Å². The highest BCUT2D eigenvalue weighted by Gasteiger charge is 2.35. The van der Waals surface area contributed by atoms with Crippen molar-refractivity contribution in [3.63, 3.8) is 0 Å². The van der Waals surface area contributed by atoms with E-state index in [9.17, 15) is 9.59 Å². The average Bonchev–Trinajstić information content (AvgIpc) is 2.57. The van der Waals surface area contributed by atoms with Gasteiger partial charge in [-0.15, -0.1) is 0 Å². The standard InChI is InChI=1S/C19H19BrN2O2/c1-13-4-3-5-17(12-13)22-11-10-21(14(2)18(22)23)19(24)15-6-8-16(20)9-7-15/h3-9,12,14H,10-11H2,1-2H3/t14-/m0/s1. The minimum Gasteiger partial charge on any atom is -0.325 e. The molecule has 0 bridgehead atoms. The number of halogens is 1. The van der Waals surface area contributed by atoms with Gasteiger partial charge in [0.2, 0.25) is 5.91 Å². The minimum absolute atomic E-state index is 0.0442. The summed E-state index contributed by atoms with van der Waals surface area (Å²) in [7, 11) is 0. The molecule has 2 aromatic rings. The summed E-state index contributed by atoms with van der Waals surface area (Å²) in [6.07, 6.45) is 0. The maximum Gasteiger partial charge on any atom is 0.254 e. The molecule has 4 nitrogen and oxygen atoms in total. The molecule has 3 rings (SSSR count). The number of nitrogens with zero attached hydrogens (tertiary/aromatic N) is 2. The summed E-state index contributed by atoms with van der Waals surface area (Å²) in [5.74, 6) is -0.149. The lowest BCUT2D eigenvalue weighted by atomic mass is 10.1. The van der Waals surface area contributed by atoms with Crippen molar-refractivity contribution in [1.82, 2.24) is 4.90 Å². The monoisotopic (exact) mass is 386 g/mol. The molecule has 5 heteroatoms. The zero-order valence-electron chi connectivity index (χ0n) is 13.7. The Morgan fingerprint density at radius 3 is 2.50 bits per heavy atom. The van der Waals surface area contributed by atoms with Gasteiger partial charge in [0.1, 0.15) is 6.04 Å². The van der Waals surface area contributed by atoms with Crippen LogP contribution < -0.4 is 4.90 Å². The smallest absolute Gasteiger partial charge is 0.254 e. The van der Waals surface area contributed by atoms with Gasteiger partial charge in [0.05, 0.1) is 0 Å². The van der Waals surface area contributed by atoms with Gasteiger partial charge < -0.3 is 9.80 Å². The molecule has 24 heavy (non-hydrogen) atoms. The number of hydrogen-bond acceptors (Lipinski definition) is 2. The van der Waals surface area contributed by atoms with E-state index in [1.54, 1.807) is 28.9 Å². The molecule has 1 fully saturated rings. The van der Waals surface area contributed by atoms with E-state index in [4.69, 9.17) is 0 Å². The Morgan fingerprint density at radius 1 is 1.12 bits per heavy atom. The van der Waals surface area contributed by atoms with Gasteiger partial charge >= 0.3 is 0 Å². The largest absolute Gasteiger partial charge is 0.325 e. The molecule has 124 valence electrons. The van der Waals surface area contributed by atoms with Gasteiger partial charge in [-0.05, 0) is 55.8 Å². The van der Waals surface area contributed by atoms with E-state index in [0.717, 1.165) is 15.7 Å². The van der Waals surface area contributed by atoms with Crippen LogP contribution in [0.5, 0.6) is 0 Å². The van der Waals surface area contributed by atoms with Gasteiger partial charge in [0.25, 0.3) is 5.91 Å². The van der Waals surface area contributed by atoms with Gasteiger partial charge in [0.15, 0.2) is 0 Å². The highest BCUT2D eigenvalue weighted by atomic mass is 79.9. The molecule has 1 aliphatic heterocycles. The van der Waals surface area contributed by atoms with Crippen molar-refractivity contribution >= 4 is 33.4 Å². The quantitative estimate of drug-likeness (QED) is 0.790. The van der Waals surface area contributed by atoms with E-state index < -0.39 is 6.04 Å². The van der Waals surface area contributed by atoms with Crippen LogP contribution in [0.25, 0.3) is 0 Å². The Balaban J connectivity index is 1.79.